The molecule has 1 aliphatic rings. The van der Waals surface area contributed by atoms with Gasteiger partial charge < -0.3 is 9.47 Å². The van der Waals surface area contributed by atoms with Crippen molar-refractivity contribution in [2.24, 2.45) is 5.10 Å². The summed E-state index contributed by atoms with van der Waals surface area (Å²) in [7, 11) is 0. The summed E-state index contributed by atoms with van der Waals surface area (Å²) in [5, 5.41) is 4.72. The maximum Gasteiger partial charge on any atom is 0.284 e. The van der Waals surface area contributed by atoms with Crippen LogP contribution in [0.1, 0.15) is 31.9 Å². The number of halogens is 2. The van der Waals surface area contributed by atoms with Crippen LogP contribution < -0.4 is 14.9 Å². The maximum atomic E-state index is 12.3. The van der Waals surface area contributed by atoms with Crippen LogP contribution >= 0.6 is 23.2 Å². The molecule has 0 aromatic heterocycles. The fraction of sp³-hybridized carbons (Fsp3) is 0.300. The van der Waals surface area contributed by atoms with Gasteiger partial charge in [0.2, 0.25) is 6.10 Å². The number of ether oxygens (including phenoxy) is 2. The van der Waals surface area contributed by atoms with Crippen LogP contribution in [0.25, 0.3) is 0 Å². The molecule has 0 unspecified atom stereocenters. The normalized spacial score (nSPS) is 16.4. The van der Waals surface area contributed by atoms with Crippen molar-refractivity contribution in [3.8, 4) is 11.5 Å². The second-order valence-corrected chi connectivity index (χ2v) is 7.99. The van der Waals surface area contributed by atoms with Crippen molar-refractivity contribution < 1.29 is 14.3 Å². The van der Waals surface area contributed by atoms with Crippen molar-refractivity contribution in [2.75, 3.05) is 6.61 Å². The monoisotopic (exact) mass is 406 g/mol. The van der Waals surface area contributed by atoms with Crippen molar-refractivity contribution in [1.29, 1.82) is 0 Å². The van der Waals surface area contributed by atoms with E-state index in [2.05, 4.69) is 31.3 Å². The van der Waals surface area contributed by atoms with E-state index in [1.807, 2.05) is 18.2 Å². The van der Waals surface area contributed by atoms with E-state index in [1.165, 1.54) is 6.21 Å². The molecular formula is C20H20Cl2N2O3. The Morgan fingerprint density at radius 2 is 2.00 bits per heavy atom. The predicted molar refractivity (Wildman–Crippen MR) is 107 cm³/mol. The molecular weight excluding hydrogens is 387 g/mol. The van der Waals surface area contributed by atoms with Crippen molar-refractivity contribution in [3.05, 3.63) is 57.6 Å². The van der Waals surface area contributed by atoms with E-state index in [4.69, 9.17) is 32.7 Å². The highest BCUT2D eigenvalue weighted by atomic mass is 35.5. The Balaban J connectivity index is 1.67. The standard InChI is InChI=1S/C20H20Cl2N2O3/c1-20(2,3)13-7-8-15-16(9-13)27-17(11-26-15)19(25)24-23-10-12-5-4-6-14(21)18(12)22/h4-10,17H,11H2,1-3H3,(H,24,25)/t17-/m0/s1. The Morgan fingerprint density at radius 3 is 2.74 bits per heavy atom. The molecule has 3 rings (SSSR count). The lowest BCUT2D eigenvalue weighted by atomic mass is 9.87. The Kier molecular flexibility index (Phi) is 5.63. The summed E-state index contributed by atoms with van der Waals surface area (Å²) in [5.74, 6) is 0.771. The zero-order valence-corrected chi connectivity index (χ0v) is 16.8. The molecule has 27 heavy (non-hydrogen) atoms. The number of nitrogens with zero attached hydrogens (tertiary/aromatic N) is 1. The SMILES string of the molecule is CC(C)(C)c1ccc2c(c1)O[C@H](C(=O)NN=Cc1cccc(Cl)c1Cl)CO2. The highest BCUT2D eigenvalue weighted by molar-refractivity contribution is 6.43. The van der Waals surface area contributed by atoms with E-state index < -0.39 is 12.0 Å². The Labute approximate surface area is 168 Å². The largest absolute Gasteiger partial charge is 0.485 e. The number of benzene rings is 2. The minimum Gasteiger partial charge on any atom is -0.485 e. The quantitative estimate of drug-likeness (QED) is 0.599. The molecule has 2 aromatic rings. The molecule has 7 heteroatoms. The highest BCUT2D eigenvalue weighted by Crippen LogP contribution is 2.36. The summed E-state index contributed by atoms with van der Waals surface area (Å²) in [6.45, 7) is 6.44. The van der Waals surface area contributed by atoms with Crippen molar-refractivity contribution >= 4 is 35.3 Å². The van der Waals surface area contributed by atoms with Gasteiger partial charge in [-0.3, -0.25) is 4.79 Å². The van der Waals surface area contributed by atoms with Gasteiger partial charge in [-0.05, 0) is 29.2 Å². The molecule has 0 spiro atoms. The number of carbonyl (C=O) groups is 1. The van der Waals surface area contributed by atoms with Gasteiger partial charge in [-0.15, -0.1) is 0 Å². The minimum atomic E-state index is -0.792. The lowest BCUT2D eigenvalue weighted by molar-refractivity contribution is -0.130. The van der Waals surface area contributed by atoms with Gasteiger partial charge in [-0.25, -0.2) is 5.43 Å². The molecule has 142 valence electrons. The molecule has 0 fully saturated rings. The van der Waals surface area contributed by atoms with Gasteiger partial charge in [0.05, 0.1) is 16.3 Å². The van der Waals surface area contributed by atoms with Crippen LogP contribution in [-0.4, -0.2) is 24.8 Å². The number of hydrogen-bond donors (Lipinski definition) is 1. The summed E-state index contributed by atoms with van der Waals surface area (Å²) in [5.41, 5.74) is 4.11. The average Bonchev–Trinajstić information content (AvgIpc) is 2.63. The smallest absolute Gasteiger partial charge is 0.284 e. The molecule has 0 radical (unpaired) electrons. The molecule has 0 saturated carbocycles. The Morgan fingerprint density at radius 1 is 1.22 bits per heavy atom. The lowest BCUT2D eigenvalue weighted by Gasteiger charge is -2.27. The summed E-state index contributed by atoms with van der Waals surface area (Å²) in [6, 6.07) is 10.9. The number of amides is 1. The maximum absolute atomic E-state index is 12.3. The van der Waals surface area contributed by atoms with Crippen LogP contribution in [0.3, 0.4) is 0 Å². The number of hydrazone groups is 1. The number of hydrogen-bond acceptors (Lipinski definition) is 4. The number of rotatable bonds is 3. The van der Waals surface area contributed by atoms with Crippen LogP contribution in [0.2, 0.25) is 10.0 Å². The fourth-order valence-corrected chi connectivity index (χ4v) is 2.88. The first-order valence-corrected chi connectivity index (χ1v) is 9.22. The minimum absolute atomic E-state index is 0.0336. The van der Waals surface area contributed by atoms with E-state index in [-0.39, 0.29) is 12.0 Å². The molecule has 0 bridgehead atoms. The van der Waals surface area contributed by atoms with Gasteiger partial charge in [-0.2, -0.15) is 5.10 Å². The Bertz CT molecular complexity index is 891. The van der Waals surface area contributed by atoms with Gasteiger partial charge in [-0.1, -0.05) is 62.2 Å². The number of fused-ring (bicyclic) bond motifs is 1. The molecule has 1 aliphatic heterocycles. The van der Waals surface area contributed by atoms with Crippen LogP contribution in [0, 0.1) is 0 Å². The zero-order valence-electron chi connectivity index (χ0n) is 15.3. The number of carbonyl (C=O) groups excluding carboxylic acids is 1. The molecule has 0 saturated heterocycles. The summed E-state index contributed by atoms with van der Waals surface area (Å²) in [6.07, 6.45) is 0.640. The van der Waals surface area contributed by atoms with Crippen LogP contribution in [-0.2, 0) is 10.2 Å². The third-order valence-electron chi connectivity index (χ3n) is 4.12. The predicted octanol–water partition coefficient (Wildman–Crippen LogP) is 4.58. The molecule has 5 nitrogen and oxygen atoms in total. The molecule has 0 aliphatic carbocycles. The van der Waals surface area contributed by atoms with Gasteiger partial charge >= 0.3 is 0 Å². The summed E-state index contributed by atoms with van der Waals surface area (Å²) < 4.78 is 11.5. The van der Waals surface area contributed by atoms with Crippen LogP contribution in [0.5, 0.6) is 11.5 Å². The lowest BCUT2D eigenvalue weighted by Crippen LogP contribution is -2.42. The van der Waals surface area contributed by atoms with Crippen LogP contribution in [0.15, 0.2) is 41.5 Å². The first kappa shape index (κ1) is 19.5. The van der Waals surface area contributed by atoms with E-state index in [1.54, 1.807) is 18.2 Å². The van der Waals surface area contributed by atoms with Crippen molar-refractivity contribution in [2.45, 2.75) is 32.3 Å². The highest BCUT2D eigenvalue weighted by Gasteiger charge is 2.28. The molecule has 1 amide bonds. The van der Waals surface area contributed by atoms with Crippen molar-refractivity contribution in [1.82, 2.24) is 5.43 Å². The van der Waals surface area contributed by atoms with Gasteiger partial charge in [0.1, 0.15) is 6.61 Å². The molecule has 1 N–H and O–H groups in total. The van der Waals surface area contributed by atoms with Gasteiger partial charge in [0, 0.05) is 5.56 Å². The van der Waals surface area contributed by atoms with Gasteiger partial charge in [0.15, 0.2) is 11.5 Å². The third kappa shape index (κ3) is 4.54. The van der Waals surface area contributed by atoms with Gasteiger partial charge in [0.25, 0.3) is 5.91 Å². The summed E-state index contributed by atoms with van der Waals surface area (Å²) in [4.78, 5) is 12.3. The first-order valence-electron chi connectivity index (χ1n) is 8.46. The van der Waals surface area contributed by atoms with E-state index in [0.717, 1.165) is 5.56 Å². The van der Waals surface area contributed by atoms with E-state index in [0.29, 0.717) is 27.1 Å². The molecule has 2 aromatic carbocycles. The Hall–Kier alpha value is -2.24. The van der Waals surface area contributed by atoms with Crippen LogP contribution in [0.4, 0.5) is 0 Å². The fourth-order valence-electron chi connectivity index (χ4n) is 2.53. The second kappa shape index (κ2) is 7.79. The van der Waals surface area contributed by atoms with E-state index >= 15 is 0 Å². The first-order chi connectivity index (χ1) is 12.8. The topological polar surface area (TPSA) is 59.9 Å². The molecule has 1 heterocycles. The van der Waals surface area contributed by atoms with E-state index in [9.17, 15) is 4.79 Å². The third-order valence-corrected chi connectivity index (χ3v) is 4.95. The van der Waals surface area contributed by atoms with Crippen molar-refractivity contribution in [3.63, 3.8) is 0 Å². The second-order valence-electron chi connectivity index (χ2n) is 7.21. The summed E-state index contributed by atoms with van der Waals surface area (Å²) >= 11 is 12.0. The zero-order chi connectivity index (χ0) is 19.6. The average molecular weight is 407 g/mol. The molecule has 1 atom stereocenters. The number of nitrogens with one attached hydrogen (secondary N) is 1.